The summed E-state index contributed by atoms with van der Waals surface area (Å²) in [5, 5.41) is 0. The Bertz CT molecular complexity index is 723. The van der Waals surface area contributed by atoms with Gasteiger partial charge in [-0.15, -0.1) is 0 Å². The van der Waals surface area contributed by atoms with Crippen molar-refractivity contribution in [2.75, 3.05) is 7.11 Å². The Balaban J connectivity index is 2.22. The topological polar surface area (TPSA) is 69.7 Å². The summed E-state index contributed by atoms with van der Waals surface area (Å²) in [6, 6.07) is 13.0. The number of aldehydes is 1. The van der Waals surface area contributed by atoms with Gasteiger partial charge in [-0.25, -0.2) is 0 Å². The molecule has 2 aromatic carbocycles. The zero-order chi connectivity index (χ0) is 15.3. The first-order chi connectivity index (χ1) is 10.0. The summed E-state index contributed by atoms with van der Waals surface area (Å²) in [5.41, 5.74) is 1.00. The van der Waals surface area contributed by atoms with Gasteiger partial charge in [0.25, 0.3) is 0 Å². The molecule has 2 aromatic rings. The molecule has 0 saturated heterocycles. The minimum Gasteiger partial charge on any atom is -0.493 e. The molecule has 0 aliphatic carbocycles. The lowest BCUT2D eigenvalue weighted by molar-refractivity contribution is 0.112. The van der Waals surface area contributed by atoms with Crippen LogP contribution >= 0.6 is 0 Å². The fourth-order valence-corrected chi connectivity index (χ4v) is 2.84. The van der Waals surface area contributed by atoms with E-state index in [0.717, 1.165) is 0 Å². The van der Waals surface area contributed by atoms with Crippen molar-refractivity contribution >= 4 is 16.4 Å². The summed E-state index contributed by atoms with van der Waals surface area (Å²) in [5.74, 6) is 0.00199. The van der Waals surface area contributed by atoms with Crippen LogP contribution in [0.2, 0.25) is 0 Å². The lowest BCUT2D eigenvalue weighted by atomic mass is 10.2. The number of ether oxygens (including phenoxy) is 1. The first kappa shape index (κ1) is 15.1. The van der Waals surface area contributed by atoms with Crippen LogP contribution < -0.4 is 8.92 Å². The predicted molar refractivity (Wildman–Crippen MR) is 78.1 cm³/mol. The van der Waals surface area contributed by atoms with Gasteiger partial charge < -0.3 is 8.92 Å². The molecular formula is C15H14O5S. The maximum absolute atomic E-state index is 12.0. The van der Waals surface area contributed by atoms with E-state index in [1.807, 2.05) is 0 Å². The van der Waals surface area contributed by atoms with Crippen molar-refractivity contribution in [2.24, 2.45) is 0 Å². The molecule has 0 fully saturated rings. The summed E-state index contributed by atoms with van der Waals surface area (Å²) in [6.07, 6.45) is 0.644. The fraction of sp³-hybridized carbons (Fsp3) is 0.133. The summed E-state index contributed by atoms with van der Waals surface area (Å²) >= 11 is 0. The fourth-order valence-electron chi connectivity index (χ4n) is 1.77. The van der Waals surface area contributed by atoms with Crippen molar-refractivity contribution < 1.29 is 22.1 Å². The van der Waals surface area contributed by atoms with Crippen LogP contribution in [-0.2, 0) is 15.9 Å². The molecule has 0 heterocycles. The molecule has 110 valence electrons. The second kappa shape index (κ2) is 6.41. The van der Waals surface area contributed by atoms with Gasteiger partial charge in [-0.3, -0.25) is 4.79 Å². The van der Waals surface area contributed by atoms with E-state index in [1.54, 1.807) is 30.3 Å². The van der Waals surface area contributed by atoms with E-state index in [9.17, 15) is 13.2 Å². The van der Waals surface area contributed by atoms with Crippen LogP contribution in [0.15, 0.2) is 48.5 Å². The van der Waals surface area contributed by atoms with Gasteiger partial charge in [-0.1, -0.05) is 30.3 Å². The molecule has 0 aromatic heterocycles. The van der Waals surface area contributed by atoms with Crippen LogP contribution in [-0.4, -0.2) is 21.8 Å². The summed E-state index contributed by atoms with van der Waals surface area (Å²) in [6.45, 7) is 0. The maximum atomic E-state index is 12.0. The minimum atomic E-state index is -3.81. The standard InChI is InChI=1S/C15H14O5S/c1-19-15-9-13(10-16)7-8-14(15)20-21(17,18)11-12-5-3-2-4-6-12/h2-10H,11H2,1H3. The maximum Gasteiger partial charge on any atom is 0.313 e. The second-order valence-corrected chi connectivity index (χ2v) is 5.87. The largest absolute Gasteiger partial charge is 0.493 e. The number of rotatable bonds is 6. The van der Waals surface area contributed by atoms with Crippen LogP contribution in [0.4, 0.5) is 0 Å². The Morgan fingerprint density at radius 3 is 2.38 bits per heavy atom. The molecule has 0 radical (unpaired) electrons. The molecule has 0 N–H and O–H groups in total. The van der Waals surface area contributed by atoms with Gasteiger partial charge in [0.05, 0.1) is 7.11 Å². The number of carbonyl (C=O) groups is 1. The number of benzene rings is 2. The van der Waals surface area contributed by atoms with Gasteiger partial charge in [0.1, 0.15) is 12.0 Å². The second-order valence-electron chi connectivity index (χ2n) is 4.30. The molecule has 2 rings (SSSR count). The van der Waals surface area contributed by atoms with Crippen molar-refractivity contribution in [3.8, 4) is 11.5 Å². The zero-order valence-electron chi connectivity index (χ0n) is 11.4. The normalized spacial score (nSPS) is 10.9. The summed E-state index contributed by atoms with van der Waals surface area (Å²) in [4.78, 5) is 10.7. The lowest BCUT2D eigenvalue weighted by Gasteiger charge is -2.11. The number of methoxy groups -OCH3 is 1. The Kier molecular flexibility index (Phi) is 4.59. The van der Waals surface area contributed by atoms with Gasteiger partial charge in [0.15, 0.2) is 11.5 Å². The van der Waals surface area contributed by atoms with Gasteiger partial charge in [-0.05, 0) is 23.8 Å². The highest BCUT2D eigenvalue weighted by atomic mass is 32.2. The van der Waals surface area contributed by atoms with E-state index < -0.39 is 10.1 Å². The average Bonchev–Trinajstić information content (AvgIpc) is 2.47. The molecule has 0 amide bonds. The van der Waals surface area contributed by atoms with Gasteiger partial charge in [-0.2, -0.15) is 8.42 Å². The lowest BCUT2D eigenvalue weighted by Crippen LogP contribution is -2.12. The Morgan fingerprint density at radius 2 is 1.76 bits per heavy atom. The van der Waals surface area contributed by atoms with E-state index in [0.29, 0.717) is 17.4 Å². The molecule has 6 heteroatoms. The highest BCUT2D eigenvalue weighted by Gasteiger charge is 2.17. The number of hydrogen-bond acceptors (Lipinski definition) is 5. The van der Waals surface area contributed by atoms with E-state index >= 15 is 0 Å². The highest BCUT2D eigenvalue weighted by molar-refractivity contribution is 7.86. The van der Waals surface area contributed by atoms with Crippen LogP contribution in [0.25, 0.3) is 0 Å². The van der Waals surface area contributed by atoms with E-state index in [1.165, 1.54) is 25.3 Å². The van der Waals surface area contributed by atoms with Gasteiger partial charge in [0, 0.05) is 5.56 Å². The Labute approximate surface area is 123 Å². The smallest absolute Gasteiger partial charge is 0.313 e. The van der Waals surface area contributed by atoms with Crippen molar-refractivity contribution in [3.63, 3.8) is 0 Å². The molecule has 0 aliphatic rings. The minimum absolute atomic E-state index is 0.0547. The molecule has 0 saturated carbocycles. The molecule has 0 atom stereocenters. The quantitative estimate of drug-likeness (QED) is 0.605. The van der Waals surface area contributed by atoms with Gasteiger partial charge in [0.2, 0.25) is 0 Å². The number of hydrogen-bond donors (Lipinski definition) is 0. The highest BCUT2D eigenvalue weighted by Crippen LogP contribution is 2.29. The van der Waals surface area contributed by atoms with Crippen LogP contribution in [0.1, 0.15) is 15.9 Å². The van der Waals surface area contributed by atoms with Crippen molar-refractivity contribution in [2.45, 2.75) is 5.75 Å². The third kappa shape index (κ3) is 4.06. The summed E-state index contributed by atoms with van der Waals surface area (Å²) < 4.78 is 34.2. The number of carbonyl (C=O) groups excluding carboxylic acids is 1. The predicted octanol–water partition coefficient (Wildman–Crippen LogP) is 2.42. The van der Waals surface area contributed by atoms with Gasteiger partial charge >= 0.3 is 10.1 Å². The molecule has 0 spiro atoms. The molecule has 0 unspecified atom stereocenters. The van der Waals surface area contributed by atoms with Crippen molar-refractivity contribution in [3.05, 3.63) is 59.7 Å². The van der Waals surface area contributed by atoms with Crippen LogP contribution in [0.5, 0.6) is 11.5 Å². The Morgan fingerprint density at radius 1 is 1.05 bits per heavy atom. The molecule has 5 nitrogen and oxygen atoms in total. The monoisotopic (exact) mass is 306 g/mol. The average molecular weight is 306 g/mol. The van der Waals surface area contributed by atoms with E-state index in [-0.39, 0.29) is 17.3 Å². The molecular weight excluding hydrogens is 292 g/mol. The van der Waals surface area contributed by atoms with Crippen molar-refractivity contribution in [1.29, 1.82) is 0 Å². The molecule has 0 bridgehead atoms. The third-order valence-electron chi connectivity index (χ3n) is 2.73. The third-order valence-corrected chi connectivity index (χ3v) is 3.85. The zero-order valence-corrected chi connectivity index (χ0v) is 12.2. The SMILES string of the molecule is COc1cc(C=O)ccc1OS(=O)(=O)Cc1ccccc1. The van der Waals surface area contributed by atoms with Crippen LogP contribution in [0.3, 0.4) is 0 Å². The first-order valence-electron chi connectivity index (χ1n) is 6.13. The van der Waals surface area contributed by atoms with Crippen LogP contribution in [0, 0.1) is 0 Å². The first-order valence-corrected chi connectivity index (χ1v) is 7.71. The molecule has 0 aliphatic heterocycles. The van der Waals surface area contributed by atoms with E-state index in [4.69, 9.17) is 8.92 Å². The van der Waals surface area contributed by atoms with E-state index in [2.05, 4.69) is 0 Å². The van der Waals surface area contributed by atoms with Crippen molar-refractivity contribution in [1.82, 2.24) is 0 Å². The summed E-state index contributed by atoms with van der Waals surface area (Å²) in [7, 11) is -2.43. The molecule has 21 heavy (non-hydrogen) atoms. The Hall–Kier alpha value is -2.34.